The highest BCUT2D eigenvalue weighted by molar-refractivity contribution is 5.16. The summed E-state index contributed by atoms with van der Waals surface area (Å²) in [7, 11) is 4.30. The average molecular weight is 249 g/mol. The molecule has 0 aromatic carbocycles. The van der Waals surface area contributed by atoms with Gasteiger partial charge in [-0.15, -0.1) is 0 Å². The first-order chi connectivity index (χ1) is 8.61. The van der Waals surface area contributed by atoms with Gasteiger partial charge in [0, 0.05) is 19.3 Å². The number of aromatic nitrogens is 2. The minimum Gasteiger partial charge on any atom is -0.325 e. The van der Waals surface area contributed by atoms with E-state index in [1.807, 2.05) is 13.1 Å². The van der Waals surface area contributed by atoms with E-state index in [1.165, 1.54) is 6.42 Å². The Bertz CT molecular complexity index is 406. The van der Waals surface area contributed by atoms with E-state index in [2.05, 4.69) is 33.9 Å². The molecule has 1 aliphatic rings. The third-order valence-electron chi connectivity index (χ3n) is 3.65. The molecule has 0 saturated carbocycles. The van der Waals surface area contributed by atoms with Crippen LogP contribution in [-0.2, 0) is 6.54 Å². The van der Waals surface area contributed by atoms with Crippen molar-refractivity contribution in [2.75, 3.05) is 33.7 Å². The van der Waals surface area contributed by atoms with Gasteiger partial charge >= 0.3 is 0 Å². The molecule has 1 atom stereocenters. The summed E-state index contributed by atoms with van der Waals surface area (Å²) in [5.41, 5.74) is 7.76. The molecule has 1 aromatic rings. The monoisotopic (exact) mass is 249 g/mol. The van der Waals surface area contributed by atoms with Crippen molar-refractivity contribution in [3.8, 4) is 0 Å². The van der Waals surface area contributed by atoms with Crippen molar-refractivity contribution < 1.29 is 0 Å². The summed E-state index contributed by atoms with van der Waals surface area (Å²) in [6.45, 7) is 5.69. The van der Waals surface area contributed by atoms with Gasteiger partial charge in [0.05, 0.1) is 11.7 Å². The molecule has 0 spiro atoms. The fourth-order valence-electron chi connectivity index (χ4n) is 2.41. The molecular formula is C13H23N5. The van der Waals surface area contributed by atoms with Crippen LogP contribution in [0.2, 0.25) is 0 Å². The summed E-state index contributed by atoms with van der Waals surface area (Å²) in [5, 5.41) is 0. The molecular weight excluding hydrogens is 226 g/mol. The van der Waals surface area contributed by atoms with Gasteiger partial charge in [-0.2, -0.15) is 0 Å². The van der Waals surface area contributed by atoms with Gasteiger partial charge in [0.1, 0.15) is 5.82 Å². The lowest BCUT2D eigenvalue weighted by molar-refractivity contribution is 0.219. The van der Waals surface area contributed by atoms with E-state index in [0.29, 0.717) is 6.54 Å². The Kier molecular flexibility index (Phi) is 4.27. The molecule has 1 aliphatic heterocycles. The van der Waals surface area contributed by atoms with Crippen molar-refractivity contribution in [2.45, 2.75) is 25.9 Å². The van der Waals surface area contributed by atoms with Gasteiger partial charge in [-0.25, -0.2) is 9.97 Å². The summed E-state index contributed by atoms with van der Waals surface area (Å²) >= 11 is 0. The highest BCUT2D eigenvalue weighted by atomic mass is 15.2. The summed E-state index contributed by atoms with van der Waals surface area (Å²) in [6, 6.07) is 0.267. The summed E-state index contributed by atoms with van der Waals surface area (Å²) in [4.78, 5) is 13.8. The maximum absolute atomic E-state index is 5.73. The molecule has 0 bridgehead atoms. The van der Waals surface area contributed by atoms with Gasteiger partial charge in [0.2, 0.25) is 0 Å². The zero-order valence-electron chi connectivity index (χ0n) is 11.6. The fraction of sp³-hybridized carbons (Fsp3) is 0.692. The number of likely N-dealkylation sites (N-methyl/N-ethyl adjacent to an activating group) is 2. The van der Waals surface area contributed by atoms with Crippen LogP contribution in [0.1, 0.15) is 29.5 Å². The molecule has 2 heterocycles. The van der Waals surface area contributed by atoms with Gasteiger partial charge in [-0.1, -0.05) is 0 Å². The van der Waals surface area contributed by atoms with Gasteiger partial charge in [-0.3, -0.25) is 4.90 Å². The van der Waals surface area contributed by atoms with E-state index >= 15 is 0 Å². The molecule has 100 valence electrons. The van der Waals surface area contributed by atoms with Gasteiger partial charge in [-0.05, 0) is 46.1 Å². The van der Waals surface area contributed by atoms with Crippen molar-refractivity contribution in [3.05, 3.63) is 23.3 Å². The smallest absolute Gasteiger partial charge is 0.147 e. The van der Waals surface area contributed by atoms with Crippen LogP contribution in [0.4, 0.5) is 0 Å². The molecule has 5 nitrogen and oxygen atoms in total. The molecule has 18 heavy (non-hydrogen) atoms. The van der Waals surface area contributed by atoms with E-state index < -0.39 is 0 Å². The van der Waals surface area contributed by atoms with Crippen molar-refractivity contribution in [1.29, 1.82) is 0 Å². The minimum absolute atomic E-state index is 0.267. The van der Waals surface area contributed by atoms with Gasteiger partial charge in [0.25, 0.3) is 0 Å². The van der Waals surface area contributed by atoms with Crippen molar-refractivity contribution >= 4 is 0 Å². The lowest BCUT2D eigenvalue weighted by Crippen LogP contribution is -2.32. The molecule has 2 N–H and O–H groups in total. The Labute approximate surface area is 109 Å². The van der Waals surface area contributed by atoms with E-state index in [4.69, 9.17) is 5.73 Å². The third-order valence-corrected chi connectivity index (χ3v) is 3.65. The molecule has 5 heteroatoms. The molecule has 0 amide bonds. The Morgan fingerprint density at radius 2 is 2.17 bits per heavy atom. The first-order valence-electron chi connectivity index (χ1n) is 6.53. The largest absolute Gasteiger partial charge is 0.325 e. The van der Waals surface area contributed by atoms with Gasteiger partial charge < -0.3 is 10.6 Å². The second kappa shape index (κ2) is 5.73. The molecule has 0 aliphatic carbocycles. The SMILES string of the molecule is Cc1cnc(C2CN(C)CCCN2C)nc1CN. The highest BCUT2D eigenvalue weighted by Crippen LogP contribution is 2.20. The summed E-state index contributed by atoms with van der Waals surface area (Å²) in [6.07, 6.45) is 3.09. The maximum Gasteiger partial charge on any atom is 0.147 e. The van der Waals surface area contributed by atoms with E-state index in [0.717, 1.165) is 36.7 Å². The normalized spacial score (nSPS) is 23.0. The first-order valence-corrected chi connectivity index (χ1v) is 6.53. The third kappa shape index (κ3) is 2.85. The quantitative estimate of drug-likeness (QED) is 0.829. The van der Waals surface area contributed by atoms with Crippen LogP contribution in [0.25, 0.3) is 0 Å². The van der Waals surface area contributed by atoms with Crippen LogP contribution >= 0.6 is 0 Å². The lowest BCUT2D eigenvalue weighted by Gasteiger charge is -2.26. The minimum atomic E-state index is 0.267. The molecule has 1 unspecified atom stereocenters. The predicted molar refractivity (Wildman–Crippen MR) is 72.1 cm³/mol. The number of nitrogens with two attached hydrogens (primary N) is 1. The number of hydrogen-bond acceptors (Lipinski definition) is 5. The van der Waals surface area contributed by atoms with Crippen molar-refractivity contribution in [3.63, 3.8) is 0 Å². The first kappa shape index (κ1) is 13.4. The highest BCUT2D eigenvalue weighted by Gasteiger charge is 2.24. The Balaban J connectivity index is 2.27. The molecule has 1 fully saturated rings. The topological polar surface area (TPSA) is 58.3 Å². The Morgan fingerprint density at radius 3 is 2.89 bits per heavy atom. The second-order valence-electron chi connectivity index (χ2n) is 5.17. The Morgan fingerprint density at radius 1 is 1.39 bits per heavy atom. The number of aryl methyl sites for hydroxylation is 1. The average Bonchev–Trinajstić information content (AvgIpc) is 2.52. The summed E-state index contributed by atoms with van der Waals surface area (Å²) in [5.74, 6) is 0.900. The Hall–Kier alpha value is -1.04. The van der Waals surface area contributed by atoms with Crippen LogP contribution in [0, 0.1) is 6.92 Å². The van der Waals surface area contributed by atoms with E-state index in [1.54, 1.807) is 0 Å². The van der Waals surface area contributed by atoms with Crippen molar-refractivity contribution in [1.82, 2.24) is 19.8 Å². The maximum atomic E-state index is 5.73. The molecule has 1 saturated heterocycles. The second-order valence-corrected chi connectivity index (χ2v) is 5.17. The standard InChI is InChI=1S/C13H23N5/c1-10-8-15-13(16-11(10)7-14)12-9-17(2)5-4-6-18(12)3/h8,12H,4-7,9,14H2,1-3H3. The number of hydrogen-bond donors (Lipinski definition) is 1. The van der Waals surface area contributed by atoms with Crippen LogP contribution < -0.4 is 5.73 Å². The van der Waals surface area contributed by atoms with Crippen LogP contribution in [0.3, 0.4) is 0 Å². The van der Waals surface area contributed by atoms with E-state index in [-0.39, 0.29) is 6.04 Å². The molecule has 2 rings (SSSR count). The van der Waals surface area contributed by atoms with Crippen LogP contribution in [0.15, 0.2) is 6.20 Å². The van der Waals surface area contributed by atoms with Crippen LogP contribution in [0.5, 0.6) is 0 Å². The molecule has 0 radical (unpaired) electrons. The zero-order chi connectivity index (χ0) is 13.1. The van der Waals surface area contributed by atoms with E-state index in [9.17, 15) is 0 Å². The van der Waals surface area contributed by atoms with Crippen molar-refractivity contribution in [2.24, 2.45) is 5.73 Å². The zero-order valence-corrected chi connectivity index (χ0v) is 11.6. The van der Waals surface area contributed by atoms with Crippen LogP contribution in [-0.4, -0.2) is 53.5 Å². The lowest BCUT2D eigenvalue weighted by atomic mass is 10.2. The number of nitrogens with zero attached hydrogens (tertiary/aromatic N) is 4. The fourth-order valence-corrected chi connectivity index (χ4v) is 2.41. The summed E-state index contributed by atoms with van der Waals surface area (Å²) < 4.78 is 0. The van der Waals surface area contributed by atoms with Gasteiger partial charge in [0.15, 0.2) is 0 Å². The number of rotatable bonds is 2. The predicted octanol–water partition coefficient (Wildman–Crippen LogP) is 0.552. The molecule has 1 aromatic heterocycles.